The summed E-state index contributed by atoms with van der Waals surface area (Å²) < 4.78 is 0. The number of rotatable bonds is 5. The first-order valence-corrected chi connectivity index (χ1v) is 7.74. The van der Waals surface area contributed by atoms with E-state index in [0.29, 0.717) is 17.1 Å². The summed E-state index contributed by atoms with van der Waals surface area (Å²) in [7, 11) is 0. The minimum atomic E-state index is -0.185. The van der Waals surface area contributed by atoms with E-state index in [9.17, 15) is 9.59 Å². The van der Waals surface area contributed by atoms with Crippen molar-refractivity contribution in [1.82, 2.24) is 10.6 Å². The van der Waals surface area contributed by atoms with Gasteiger partial charge in [0.1, 0.15) is 0 Å². The monoisotopic (exact) mass is 330 g/mol. The Hall–Kier alpha value is -2.33. The van der Waals surface area contributed by atoms with Crippen LogP contribution >= 0.6 is 11.6 Å². The van der Waals surface area contributed by atoms with Crippen LogP contribution in [-0.2, 0) is 11.3 Å². The third kappa shape index (κ3) is 4.83. The molecule has 120 valence electrons. The highest BCUT2D eigenvalue weighted by Crippen LogP contribution is 2.22. The molecule has 2 rings (SSSR count). The Bertz CT molecular complexity index is 698. The molecule has 0 saturated carbocycles. The van der Waals surface area contributed by atoms with E-state index in [1.54, 1.807) is 18.2 Å². The molecule has 2 aromatic carbocycles. The standard InChI is InChI=1S/C18H19ClN2O2/c1-12(16-5-3-4-6-17(16)19)21-18(23)15-9-7-14(8-10-15)11-20-13(2)22/h3-10,12H,11H2,1-2H3,(H,20,22)(H,21,23). The van der Waals surface area contributed by atoms with Crippen LogP contribution in [-0.4, -0.2) is 11.8 Å². The Morgan fingerprint density at radius 1 is 1.09 bits per heavy atom. The minimum Gasteiger partial charge on any atom is -0.352 e. The SMILES string of the molecule is CC(=O)NCc1ccc(C(=O)NC(C)c2ccccc2Cl)cc1. The summed E-state index contributed by atoms with van der Waals surface area (Å²) in [4.78, 5) is 23.2. The molecule has 0 bridgehead atoms. The van der Waals surface area contributed by atoms with Crippen LogP contribution in [0.15, 0.2) is 48.5 Å². The smallest absolute Gasteiger partial charge is 0.251 e. The molecule has 0 aliphatic rings. The van der Waals surface area contributed by atoms with Gasteiger partial charge < -0.3 is 10.6 Å². The van der Waals surface area contributed by atoms with E-state index in [1.807, 2.05) is 37.3 Å². The molecule has 0 aliphatic carbocycles. The Kier molecular flexibility index (Phi) is 5.77. The molecule has 2 amide bonds. The molecule has 0 aromatic heterocycles. The van der Waals surface area contributed by atoms with Gasteiger partial charge in [-0.25, -0.2) is 0 Å². The highest BCUT2D eigenvalue weighted by Gasteiger charge is 2.13. The van der Waals surface area contributed by atoms with E-state index < -0.39 is 0 Å². The molecule has 4 nitrogen and oxygen atoms in total. The summed E-state index contributed by atoms with van der Waals surface area (Å²) in [5, 5.41) is 6.28. The van der Waals surface area contributed by atoms with E-state index in [0.717, 1.165) is 11.1 Å². The Balaban J connectivity index is 2.00. The average molecular weight is 331 g/mol. The quantitative estimate of drug-likeness (QED) is 0.882. The molecule has 0 heterocycles. The first-order valence-electron chi connectivity index (χ1n) is 7.36. The van der Waals surface area contributed by atoms with Crippen LogP contribution < -0.4 is 10.6 Å². The van der Waals surface area contributed by atoms with Crippen molar-refractivity contribution in [3.8, 4) is 0 Å². The van der Waals surface area contributed by atoms with Crippen LogP contribution in [0.4, 0.5) is 0 Å². The van der Waals surface area contributed by atoms with Crippen molar-refractivity contribution in [3.05, 3.63) is 70.2 Å². The number of nitrogens with one attached hydrogen (secondary N) is 2. The fourth-order valence-corrected chi connectivity index (χ4v) is 2.48. The Morgan fingerprint density at radius 3 is 2.35 bits per heavy atom. The molecule has 23 heavy (non-hydrogen) atoms. The molecule has 1 unspecified atom stereocenters. The second kappa shape index (κ2) is 7.79. The molecule has 2 aromatic rings. The Labute approximate surface area is 140 Å². The van der Waals surface area contributed by atoms with Crippen molar-refractivity contribution in [1.29, 1.82) is 0 Å². The Morgan fingerprint density at radius 2 is 1.74 bits per heavy atom. The van der Waals surface area contributed by atoms with Crippen molar-refractivity contribution in [2.75, 3.05) is 0 Å². The lowest BCUT2D eigenvalue weighted by Crippen LogP contribution is -2.26. The van der Waals surface area contributed by atoms with E-state index in [2.05, 4.69) is 10.6 Å². The van der Waals surface area contributed by atoms with Crippen LogP contribution in [0, 0.1) is 0 Å². The zero-order valence-electron chi connectivity index (χ0n) is 13.1. The number of carbonyl (C=O) groups excluding carboxylic acids is 2. The fourth-order valence-electron chi connectivity index (χ4n) is 2.18. The largest absolute Gasteiger partial charge is 0.352 e. The normalized spacial score (nSPS) is 11.6. The van der Waals surface area contributed by atoms with Crippen molar-refractivity contribution in [2.45, 2.75) is 26.4 Å². The predicted octanol–water partition coefficient (Wildman–Crippen LogP) is 3.47. The van der Waals surface area contributed by atoms with Crippen molar-refractivity contribution >= 4 is 23.4 Å². The molecule has 0 spiro atoms. The number of halogens is 1. The topological polar surface area (TPSA) is 58.2 Å². The van der Waals surface area contributed by atoms with Crippen LogP contribution in [0.5, 0.6) is 0 Å². The third-order valence-electron chi connectivity index (χ3n) is 3.48. The highest BCUT2D eigenvalue weighted by molar-refractivity contribution is 6.31. The number of amides is 2. The number of hydrogen-bond acceptors (Lipinski definition) is 2. The van der Waals surface area contributed by atoms with Gasteiger partial charge in [0.05, 0.1) is 6.04 Å². The summed E-state index contributed by atoms with van der Waals surface area (Å²) >= 11 is 6.14. The van der Waals surface area contributed by atoms with Gasteiger partial charge in [0.15, 0.2) is 0 Å². The van der Waals surface area contributed by atoms with Gasteiger partial charge in [-0.3, -0.25) is 9.59 Å². The van der Waals surface area contributed by atoms with E-state index >= 15 is 0 Å². The summed E-state index contributed by atoms with van der Waals surface area (Å²) in [5.74, 6) is -0.246. The van der Waals surface area contributed by atoms with Crippen molar-refractivity contribution in [3.63, 3.8) is 0 Å². The summed E-state index contributed by atoms with van der Waals surface area (Å²) in [6.45, 7) is 3.81. The molecule has 0 fully saturated rings. The minimum absolute atomic E-state index is 0.0830. The molecule has 0 saturated heterocycles. The second-order valence-corrected chi connectivity index (χ2v) is 5.73. The van der Waals surface area contributed by atoms with Gasteiger partial charge in [-0.1, -0.05) is 41.9 Å². The number of hydrogen-bond donors (Lipinski definition) is 2. The van der Waals surface area contributed by atoms with Crippen molar-refractivity contribution in [2.24, 2.45) is 0 Å². The molecule has 0 aliphatic heterocycles. The molecular weight excluding hydrogens is 312 g/mol. The predicted molar refractivity (Wildman–Crippen MR) is 91.3 cm³/mol. The third-order valence-corrected chi connectivity index (χ3v) is 3.82. The van der Waals surface area contributed by atoms with Gasteiger partial charge in [-0.15, -0.1) is 0 Å². The van der Waals surface area contributed by atoms with Crippen LogP contribution in [0.1, 0.15) is 41.4 Å². The van der Waals surface area contributed by atoms with Crippen molar-refractivity contribution < 1.29 is 9.59 Å². The highest BCUT2D eigenvalue weighted by atomic mass is 35.5. The molecule has 0 radical (unpaired) electrons. The first kappa shape index (κ1) is 17.0. The lowest BCUT2D eigenvalue weighted by atomic mass is 10.1. The zero-order valence-corrected chi connectivity index (χ0v) is 13.9. The van der Waals surface area contributed by atoms with Gasteiger partial charge >= 0.3 is 0 Å². The van der Waals surface area contributed by atoms with Gasteiger partial charge in [-0.2, -0.15) is 0 Å². The maximum Gasteiger partial charge on any atom is 0.251 e. The zero-order chi connectivity index (χ0) is 16.8. The maximum absolute atomic E-state index is 12.3. The van der Waals surface area contributed by atoms with E-state index in [4.69, 9.17) is 11.6 Å². The van der Waals surface area contributed by atoms with E-state index in [1.165, 1.54) is 6.92 Å². The number of benzene rings is 2. The lowest BCUT2D eigenvalue weighted by molar-refractivity contribution is -0.119. The van der Waals surface area contributed by atoms with Gasteiger partial charge in [0, 0.05) is 24.1 Å². The van der Waals surface area contributed by atoms with Crippen LogP contribution in [0.25, 0.3) is 0 Å². The first-order chi connectivity index (χ1) is 11.0. The van der Waals surface area contributed by atoms with E-state index in [-0.39, 0.29) is 17.9 Å². The van der Waals surface area contributed by atoms with Gasteiger partial charge in [0.25, 0.3) is 5.91 Å². The number of carbonyl (C=O) groups is 2. The maximum atomic E-state index is 12.3. The lowest BCUT2D eigenvalue weighted by Gasteiger charge is -2.16. The molecule has 2 N–H and O–H groups in total. The molecule has 1 atom stereocenters. The summed E-state index contributed by atoms with van der Waals surface area (Å²) in [6, 6.07) is 14.4. The van der Waals surface area contributed by atoms with Gasteiger partial charge in [-0.05, 0) is 36.2 Å². The molecule has 5 heteroatoms. The summed E-state index contributed by atoms with van der Waals surface area (Å²) in [5.41, 5.74) is 2.39. The van der Waals surface area contributed by atoms with Gasteiger partial charge in [0.2, 0.25) is 5.91 Å². The molecular formula is C18H19ClN2O2. The average Bonchev–Trinajstić information content (AvgIpc) is 2.53. The summed E-state index contributed by atoms with van der Waals surface area (Å²) in [6.07, 6.45) is 0. The fraction of sp³-hybridized carbons (Fsp3) is 0.222. The van der Waals surface area contributed by atoms with Crippen LogP contribution in [0.3, 0.4) is 0 Å². The van der Waals surface area contributed by atoms with Crippen LogP contribution in [0.2, 0.25) is 5.02 Å². The second-order valence-electron chi connectivity index (χ2n) is 5.32.